The molecule has 3 aliphatic rings. The van der Waals surface area contributed by atoms with Crippen LogP contribution in [-0.4, -0.2) is 61.0 Å². The first kappa shape index (κ1) is 18.9. The lowest BCUT2D eigenvalue weighted by molar-refractivity contribution is -0.138. The molecule has 3 saturated heterocycles. The molecule has 27 heavy (non-hydrogen) atoms. The van der Waals surface area contributed by atoms with Gasteiger partial charge in [-0.15, -0.1) is 0 Å². The van der Waals surface area contributed by atoms with Gasteiger partial charge in [-0.05, 0) is 82.6 Å². The highest BCUT2D eigenvalue weighted by atomic mass is 16.2. The molecule has 0 bridgehead atoms. The van der Waals surface area contributed by atoms with Gasteiger partial charge >= 0.3 is 0 Å². The fraction of sp³-hybridized carbons (Fsp3) is 0.696. The Morgan fingerprint density at radius 3 is 2.22 bits per heavy atom. The van der Waals surface area contributed by atoms with Crippen molar-refractivity contribution in [2.24, 2.45) is 11.8 Å². The van der Waals surface area contributed by atoms with E-state index in [0.29, 0.717) is 5.91 Å². The molecule has 4 heteroatoms. The van der Waals surface area contributed by atoms with Gasteiger partial charge in [0.25, 0.3) is 0 Å². The van der Waals surface area contributed by atoms with Crippen LogP contribution in [0.5, 0.6) is 0 Å². The highest BCUT2D eigenvalue weighted by Gasteiger charge is 2.32. The van der Waals surface area contributed by atoms with Crippen LogP contribution >= 0.6 is 0 Å². The SMILES string of the molecule is O=C(C1CCN(C2CCNCC2)CC1)N1CCC(Cc2ccccc2)CC1. The van der Waals surface area contributed by atoms with Gasteiger partial charge in [-0.3, -0.25) is 4.79 Å². The van der Waals surface area contributed by atoms with Gasteiger partial charge in [0.15, 0.2) is 0 Å². The number of carbonyl (C=O) groups is 1. The predicted octanol–water partition coefficient (Wildman–Crippen LogP) is 2.93. The van der Waals surface area contributed by atoms with Gasteiger partial charge in [-0.25, -0.2) is 0 Å². The number of nitrogens with zero attached hydrogens (tertiary/aromatic N) is 2. The average molecular weight is 370 g/mol. The Kier molecular flexibility index (Phi) is 6.46. The third-order valence-electron chi connectivity index (χ3n) is 7.00. The van der Waals surface area contributed by atoms with Crippen molar-refractivity contribution in [3.05, 3.63) is 35.9 Å². The molecular formula is C23H35N3O. The van der Waals surface area contributed by atoms with Gasteiger partial charge in [-0.1, -0.05) is 30.3 Å². The number of nitrogens with one attached hydrogen (secondary N) is 1. The topological polar surface area (TPSA) is 35.6 Å². The molecule has 0 unspecified atom stereocenters. The van der Waals surface area contributed by atoms with Crippen LogP contribution in [0.1, 0.15) is 44.1 Å². The normalized spacial score (nSPS) is 24.2. The largest absolute Gasteiger partial charge is 0.342 e. The Hall–Kier alpha value is -1.39. The van der Waals surface area contributed by atoms with E-state index < -0.39 is 0 Å². The maximum absolute atomic E-state index is 13.0. The Bertz CT molecular complexity index is 583. The molecule has 0 atom stereocenters. The molecule has 0 saturated carbocycles. The molecule has 3 fully saturated rings. The molecule has 1 N–H and O–H groups in total. The fourth-order valence-electron chi connectivity index (χ4n) is 5.25. The zero-order chi connectivity index (χ0) is 18.5. The van der Waals surface area contributed by atoms with Gasteiger partial charge in [0.2, 0.25) is 5.91 Å². The van der Waals surface area contributed by atoms with Gasteiger partial charge in [-0.2, -0.15) is 0 Å². The summed E-state index contributed by atoms with van der Waals surface area (Å²) in [7, 11) is 0. The van der Waals surface area contributed by atoms with Crippen LogP contribution in [0, 0.1) is 11.8 Å². The first-order chi connectivity index (χ1) is 13.3. The van der Waals surface area contributed by atoms with Crippen molar-refractivity contribution in [1.82, 2.24) is 15.1 Å². The molecule has 3 heterocycles. The number of amides is 1. The van der Waals surface area contributed by atoms with Crippen LogP contribution in [0.2, 0.25) is 0 Å². The molecule has 4 nitrogen and oxygen atoms in total. The minimum atomic E-state index is 0.272. The lowest BCUT2D eigenvalue weighted by Gasteiger charge is -2.41. The van der Waals surface area contributed by atoms with Crippen LogP contribution in [-0.2, 0) is 11.2 Å². The summed E-state index contributed by atoms with van der Waals surface area (Å²) < 4.78 is 0. The van der Waals surface area contributed by atoms with Crippen LogP contribution in [0.25, 0.3) is 0 Å². The number of piperidine rings is 3. The molecule has 0 aromatic heterocycles. The summed E-state index contributed by atoms with van der Waals surface area (Å²) in [6, 6.07) is 11.5. The minimum absolute atomic E-state index is 0.272. The van der Waals surface area contributed by atoms with Gasteiger partial charge in [0.1, 0.15) is 0 Å². The zero-order valence-corrected chi connectivity index (χ0v) is 16.6. The van der Waals surface area contributed by atoms with Crippen LogP contribution in [0.3, 0.4) is 0 Å². The average Bonchev–Trinajstić information content (AvgIpc) is 2.75. The van der Waals surface area contributed by atoms with E-state index in [0.717, 1.165) is 83.3 Å². The molecular weight excluding hydrogens is 334 g/mol. The standard InChI is InChI=1S/C23H35N3O/c27-23(21-10-16-25(17-11-21)22-6-12-24-13-7-22)26-14-8-20(9-15-26)18-19-4-2-1-3-5-19/h1-5,20-22,24H,6-18H2. The lowest BCUT2D eigenvalue weighted by Crippen LogP contribution is -2.49. The first-order valence-electron chi connectivity index (χ1n) is 11.1. The van der Waals surface area contributed by atoms with E-state index in [-0.39, 0.29) is 5.92 Å². The van der Waals surface area contributed by atoms with Crippen molar-refractivity contribution in [2.75, 3.05) is 39.3 Å². The zero-order valence-electron chi connectivity index (χ0n) is 16.6. The number of rotatable bonds is 4. The second kappa shape index (κ2) is 9.20. The highest BCUT2D eigenvalue weighted by Crippen LogP contribution is 2.27. The van der Waals surface area contributed by atoms with Crippen LogP contribution in [0.4, 0.5) is 0 Å². The smallest absolute Gasteiger partial charge is 0.225 e. The number of hydrogen-bond acceptors (Lipinski definition) is 3. The molecule has 1 aromatic carbocycles. The van der Waals surface area contributed by atoms with Crippen molar-refractivity contribution in [2.45, 2.75) is 51.0 Å². The second-order valence-corrected chi connectivity index (χ2v) is 8.75. The Morgan fingerprint density at radius 2 is 1.56 bits per heavy atom. The van der Waals surface area contributed by atoms with E-state index >= 15 is 0 Å². The summed E-state index contributed by atoms with van der Waals surface area (Å²) in [5.41, 5.74) is 1.44. The summed E-state index contributed by atoms with van der Waals surface area (Å²) in [6.45, 7) is 6.47. The summed E-state index contributed by atoms with van der Waals surface area (Å²) >= 11 is 0. The van der Waals surface area contributed by atoms with Gasteiger partial charge in [0.05, 0.1) is 0 Å². The second-order valence-electron chi connectivity index (χ2n) is 8.75. The maximum atomic E-state index is 13.0. The summed E-state index contributed by atoms with van der Waals surface area (Å²) in [5.74, 6) is 1.45. The number of likely N-dealkylation sites (tertiary alicyclic amines) is 2. The van der Waals surface area contributed by atoms with Crippen molar-refractivity contribution < 1.29 is 4.79 Å². The van der Waals surface area contributed by atoms with E-state index in [9.17, 15) is 4.79 Å². The van der Waals surface area contributed by atoms with Crippen LogP contribution in [0.15, 0.2) is 30.3 Å². The van der Waals surface area contributed by atoms with Gasteiger partial charge < -0.3 is 15.1 Å². The predicted molar refractivity (Wildman–Crippen MR) is 110 cm³/mol. The summed E-state index contributed by atoms with van der Waals surface area (Å²) in [4.78, 5) is 17.8. The molecule has 3 aliphatic heterocycles. The number of carbonyl (C=O) groups excluding carboxylic acids is 1. The molecule has 1 aromatic rings. The van der Waals surface area contributed by atoms with E-state index in [1.54, 1.807) is 0 Å². The quantitative estimate of drug-likeness (QED) is 0.886. The fourth-order valence-corrected chi connectivity index (χ4v) is 5.25. The maximum Gasteiger partial charge on any atom is 0.225 e. The van der Waals surface area contributed by atoms with E-state index in [1.165, 1.54) is 18.4 Å². The van der Waals surface area contributed by atoms with Gasteiger partial charge in [0, 0.05) is 25.0 Å². The van der Waals surface area contributed by atoms with Crippen molar-refractivity contribution >= 4 is 5.91 Å². The number of hydrogen-bond donors (Lipinski definition) is 1. The van der Waals surface area contributed by atoms with Crippen molar-refractivity contribution in [1.29, 1.82) is 0 Å². The third kappa shape index (κ3) is 4.91. The molecule has 0 spiro atoms. The molecule has 4 rings (SSSR count). The highest BCUT2D eigenvalue weighted by molar-refractivity contribution is 5.79. The van der Waals surface area contributed by atoms with Crippen molar-refractivity contribution in [3.8, 4) is 0 Å². The number of benzene rings is 1. The molecule has 148 valence electrons. The molecule has 0 aliphatic carbocycles. The third-order valence-corrected chi connectivity index (χ3v) is 7.00. The van der Waals surface area contributed by atoms with E-state index in [1.807, 2.05) is 0 Å². The molecule has 1 amide bonds. The Labute approximate surface area is 164 Å². The first-order valence-corrected chi connectivity index (χ1v) is 11.1. The van der Waals surface area contributed by atoms with E-state index in [4.69, 9.17) is 0 Å². The summed E-state index contributed by atoms with van der Waals surface area (Å²) in [5, 5.41) is 3.46. The molecule has 0 radical (unpaired) electrons. The monoisotopic (exact) mass is 369 g/mol. The minimum Gasteiger partial charge on any atom is -0.342 e. The Balaban J connectivity index is 1.20. The van der Waals surface area contributed by atoms with Crippen LogP contribution < -0.4 is 5.32 Å². The summed E-state index contributed by atoms with van der Waals surface area (Å²) in [6.07, 6.45) is 8.15. The van der Waals surface area contributed by atoms with E-state index in [2.05, 4.69) is 45.4 Å². The lowest BCUT2D eigenvalue weighted by atomic mass is 9.88. The van der Waals surface area contributed by atoms with Crippen molar-refractivity contribution in [3.63, 3.8) is 0 Å². The Morgan fingerprint density at radius 1 is 0.889 bits per heavy atom.